The third-order valence-electron chi connectivity index (χ3n) is 5.49. The van der Waals surface area contributed by atoms with Crippen molar-refractivity contribution >= 4 is 0 Å². The Kier molecular flexibility index (Phi) is 9.53. The fraction of sp³-hybridized carbons (Fsp3) is 0.474. The Morgan fingerprint density at radius 3 is 1.35 bits per heavy atom. The standard InChI is InChI=1S/C19H25.3ClH.Ti/c1-12-13(2)15(4)18(16(5)14(12)3)19(6,7)17-10-8-9-11-17;;;;/h8-11H,1-7H3;3*1H;/q;;;;+3/p-3. The van der Waals surface area contributed by atoms with Crippen molar-refractivity contribution in [3.05, 3.63) is 57.7 Å². The molecule has 0 amide bonds. The van der Waals surface area contributed by atoms with Gasteiger partial charge in [0.2, 0.25) is 0 Å². The predicted molar refractivity (Wildman–Crippen MR) is 84.1 cm³/mol. The van der Waals surface area contributed by atoms with Gasteiger partial charge in [0, 0.05) is 0 Å². The van der Waals surface area contributed by atoms with Crippen LogP contribution in [0.2, 0.25) is 3.72 Å². The molecule has 2 rings (SSSR count). The second kappa shape index (κ2) is 8.59. The van der Waals surface area contributed by atoms with Crippen LogP contribution in [0.1, 0.15) is 47.2 Å². The number of hydrogen-bond acceptors (Lipinski definition) is 0. The zero-order valence-electron chi connectivity index (χ0n) is 14.9. The van der Waals surface area contributed by atoms with Crippen molar-refractivity contribution in [1.82, 2.24) is 0 Å². The molecule has 0 heterocycles. The molecule has 0 aliphatic heterocycles. The van der Waals surface area contributed by atoms with Gasteiger partial charge in [0.15, 0.2) is 0 Å². The van der Waals surface area contributed by atoms with E-state index in [2.05, 4.69) is 93.2 Å². The van der Waals surface area contributed by atoms with E-state index in [4.69, 9.17) is 0 Å². The molecule has 126 valence electrons. The minimum Gasteiger partial charge on any atom is -1.00 e. The first kappa shape index (κ1) is 25.5. The molecule has 0 unspecified atom stereocenters. The van der Waals surface area contributed by atoms with E-state index in [0.29, 0.717) is 0 Å². The summed E-state index contributed by atoms with van der Waals surface area (Å²) in [6.45, 7) is 16.1. The van der Waals surface area contributed by atoms with Crippen molar-refractivity contribution in [3.63, 3.8) is 0 Å². The molecule has 1 aliphatic rings. The first-order valence-corrected chi connectivity index (χ1v) is 8.11. The molecule has 0 radical (unpaired) electrons. The van der Waals surface area contributed by atoms with Gasteiger partial charge in [-0.3, -0.25) is 0 Å². The summed E-state index contributed by atoms with van der Waals surface area (Å²) < 4.78 is 0.0939. The molecule has 0 spiro atoms. The number of halogens is 3. The van der Waals surface area contributed by atoms with Gasteiger partial charge in [-0.15, -0.1) is 0 Å². The van der Waals surface area contributed by atoms with Gasteiger partial charge in [0.05, 0.1) is 0 Å². The minimum atomic E-state index is 0. The summed E-state index contributed by atoms with van der Waals surface area (Å²) in [5.41, 5.74) is 8.89. The molecular formula is C19H25Cl3Ti. The van der Waals surface area contributed by atoms with Crippen molar-refractivity contribution < 1.29 is 57.7 Å². The molecule has 0 bridgehead atoms. The predicted octanol–water partition coefficient (Wildman–Crippen LogP) is -3.65. The van der Waals surface area contributed by atoms with Crippen LogP contribution in [0.15, 0.2) is 24.3 Å². The monoisotopic (exact) mass is 406 g/mol. The van der Waals surface area contributed by atoms with Gasteiger partial charge in [0.1, 0.15) is 0 Å². The van der Waals surface area contributed by atoms with E-state index in [1.807, 2.05) is 0 Å². The Hall–Kier alpha value is 0.284. The SMILES string of the molecule is Cc1c(C)c(C)c(C(C)(C)[C]2([Ti+3])C=CC=C2)c(C)c1C.[Cl-].[Cl-].[Cl-]. The first-order chi connectivity index (χ1) is 9.13. The number of allylic oxidation sites excluding steroid dienone is 4. The van der Waals surface area contributed by atoms with Crippen LogP contribution >= 0.6 is 0 Å². The Morgan fingerprint density at radius 2 is 1.00 bits per heavy atom. The minimum absolute atomic E-state index is 0. The third-order valence-corrected chi connectivity index (χ3v) is 6.99. The largest absolute Gasteiger partial charge is 1.00 e. The van der Waals surface area contributed by atoms with Crippen LogP contribution in [0.3, 0.4) is 0 Å². The zero-order valence-corrected chi connectivity index (χ0v) is 18.8. The van der Waals surface area contributed by atoms with Crippen LogP contribution in [0.5, 0.6) is 0 Å². The maximum atomic E-state index is 2.39. The van der Waals surface area contributed by atoms with Crippen molar-refractivity contribution in [1.29, 1.82) is 0 Å². The Balaban J connectivity index is 0. The van der Waals surface area contributed by atoms with Crippen LogP contribution in [0.25, 0.3) is 0 Å². The maximum Gasteiger partial charge on any atom is -1.00 e. The average molecular weight is 408 g/mol. The van der Waals surface area contributed by atoms with E-state index < -0.39 is 0 Å². The van der Waals surface area contributed by atoms with E-state index in [-0.39, 0.29) is 46.4 Å². The van der Waals surface area contributed by atoms with Crippen molar-refractivity contribution in [2.45, 2.75) is 57.6 Å². The van der Waals surface area contributed by atoms with Crippen LogP contribution in [0, 0.1) is 34.6 Å². The number of hydrogen-bond donors (Lipinski definition) is 0. The Bertz CT molecular complexity index is 587. The molecule has 0 saturated carbocycles. The van der Waals surface area contributed by atoms with E-state index in [9.17, 15) is 0 Å². The fourth-order valence-electron chi connectivity index (χ4n) is 3.53. The molecule has 0 atom stereocenters. The van der Waals surface area contributed by atoms with Crippen molar-refractivity contribution in [3.8, 4) is 0 Å². The van der Waals surface area contributed by atoms with E-state index in [1.54, 1.807) is 0 Å². The van der Waals surface area contributed by atoms with Crippen LogP contribution in [0.4, 0.5) is 0 Å². The summed E-state index contributed by atoms with van der Waals surface area (Å²) in [5, 5.41) is 0. The summed E-state index contributed by atoms with van der Waals surface area (Å²) in [6, 6.07) is 0. The molecule has 23 heavy (non-hydrogen) atoms. The summed E-state index contributed by atoms with van der Waals surface area (Å²) in [6.07, 6.45) is 9.05. The maximum absolute atomic E-state index is 2.39. The van der Waals surface area contributed by atoms with Crippen LogP contribution in [-0.2, 0) is 25.9 Å². The number of rotatable bonds is 2. The molecule has 1 aliphatic carbocycles. The molecule has 1 aromatic carbocycles. The first-order valence-electron chi connectivity index (χ1n) is 7.33. The van der Waals surface area contributed by atoms with Gasteiger partial charge >= 0.3 is 136 Å². The van der Waals surface area contributed by atoms with Crippen molar-refractivity contribution in [2.75, 3.05) is 0 Å². The molecule has 0 N–H and O–H groups in total. The van der Waals surface area contributed by atoms with Gasteiger partial charge in [-0.25, -0.2) is 0 Å². The molecular weight excluding hydrogens is 382 g/mol. The van der Waals surface area contributed by atoms with Crippen LogP contribution in [-0.4, -0.2) is 0 Å². The van der Waals surface area contributed by atoms with Gasteiger partial charge in [-0.05, 0) is 0 Å². The summed E-state index contributed by atoms with van der Waals surface area (Å²) in [5.74, 6) is 0. The Morgan fingerprint density at radius 1 is 0.696 bits per heavy atom. The van der Waals surface area contributed by atoms with Gasteiger partial charge < -0.3 is 37.2 Å². The second-order valence-electron chi connectivity index (χ2n) is 6.71. The van der Waals surface area contributed by atoms with Gasteiger partial charge in [-0.1, -0.05) is 0 Å². The summed E-state index contributed by atoms with van der Waals surface area (Å²) >= 11 is 2.34. The molecule has 0 fully saturated rings. The van der Waals surface area contributed by atoms with Crippen LogP contribution < -0.4 is 37.2 Å². The summed E-state index contributed by atoms with van der Waals surface area (Å²) in [7, 11) is 0. The molecule has 0 saturated heterocycles. The normalized spacial score (nSPS) is 14.8. The summed E-state index contributed by atoms with van der Waals surface area (Å²) in [4.78, 5) is 0. The van der Waals surface area contributed by atoms with Gasteiger partial charge in [-0.2, -0.15) is 0 Å². The Labute approximate surface area is 172 Å². The van der Waals surface area contributed by atoms with Gasteiger partial charge in [0.25, 0.3) is 0 Å². The fourth-order valence-corrected chi connectivity index (χ4v) is 4.03. The van der Waals surface area contributed by atoms with Crippen molar-refractivity contribution in [2.24, 2.45) is 0 Å². The third kappa shape index (κ3) is 3.93. The van der Waals surface area contributed by atoms with E-state index >= 15 is 0 Å². The smallest absolute Gasteiger partial charge is 1.00 e. The molecule has 4 heteroatoms. The number of benzene rings is 1. The quantitative estimate of drug-likeness (QED) is 0.444. The van der Waals surface area contributed by atoms with E-state index in [0.717, 1.165) is 0 Å². The molecule has 1 aromatic rings. The second-order valence-corrected chi connectivity index (χ2v) is 8.00. The topological polar surface area (TPSA) is 0 Å². The van der Waals surface area contributed by atoms with E-state index in [1.165, 1.54) is 33.4 Å². The molecule has 0 aromatic heterocycles. The average Bonchev–Trinajstić information content (AvgIpc) is 2.83. The zero-order chi connectivity index (χ0) is 15.3. The molecule has 0 nitrogen and oxygen atoms in total.